The van der Waals surface area contributed by atoms with E-state index in [-0.39, 0.29) is 11.9 Å². The van der Waals surface area contributed by atoms with Crippen LogP contribution in [0.5, 0.6) is 0 Å². The van der Waals surface area contributed by atoms with E-state index in [1.807, 2.05) is 18.2 Å². The summed E-state index contributed by atoms with van der Waals surface area (Å²) in [4.78, 5) is 26.1. The van der Waals surface area contributed by atoms with Gasteiger partial charge in [0.05, 0.1) is 18.8 Å². The van der Waals surface area contributed by atoms with Crippen molar-refractivity contribution in [1.29, 1.82) is 5.41 Å². The maximum absolute atomic E-state index is 12.9. The molecule has 2 heterocycles. The number of benzene rings is 1. The molecule has 0 aliphatic carbocycles. The molecule has 0 spiro atoms. The van der Waals surface area contributed by atoms with Gasteiger partial charge in [-0.25, -0.2) is 4.79 Å². The molecule has 116 valence electrons. The highest BCUT2D eigenvalue weighted by atomic mass is 16.5. The molecular weight excluding hydrogens is 282 g/mol. The van der Waals surface area contributed by atoms with Crippen LogP contribution < -0.4 is 10.2 Å². The summed E-state index contributed by atoms with van der Waals surface area (Å²) in [5.74, 6) is -0.161. The van der Waals surface area contributed by atoms with Crippen LogP contribution in [0.25, 0.3) is 0 Å². The van der Waals surface area contributed by atoms with E-state index in [0.717, 1.165) is 16.8 Å². The van der Waals surface area contributed by atoms with Gasteiger partial charge in [0, 0.05) is 12.1 Å². The Balaban J connectivity index is 2.01. The van der Waals surface area contributed by atoms with Gasteiger partial charge in [-0.2, -0.15) is 0 Å². The normalized spacial score (nSPS) is 22.8. The number of aryl methyl sites for hydroxylation is 1. The van der Waals surface area contributed by atoms with Gasteiger partial charge < -0.3 is 20.4 Å². The van der Waals surface area contributed by atoms with Crippen LogP contribution in [0.4, 0.5) is 10.5 Å². The van der Waals surface area contributed by atoms with Gasteiger partial charge in [-0.15, -0.1) is 0 Å². The molecular formula is C16H19N3O3. The Morgan fingerprint density at radius 1 is 1.41 bits per heavy atom. The van der Waals surface area contributed by atoms with Gasteiger partial charge in [0.25, 0.3) is 0 Å². The molecule has 6 nitrogen and oxygen atoms in total. The van der Waals surface area contributed by atoms with Gasteiger partial charge in [-0.1, -0.05) is 18.2 Å². The number of amides is 2. The Bertz CT molecular complexity index is 656. The molecule has 0 saturated heterocycles. The third-order valence-corrected chi connectivity index (χ3v) is 4.38. The monoisotopic (exact) mass is 301 g/mol. The van der Waals surface area contributed by atoms with Crippen molar-refractivity contribution in [2.24, 2.45) is 0 Å². The second kappa shape index (κ2) is 5.44. The first kappa shape index (κ1) is 14.6. The van der Waals surface area contributed by atoms with E-state index in [2.05, 4.69) is 10.1 Å². The summed E-state index contributed by atoms with van der Waals surface area (Å²) in [6.07, 6.45) is 1.30. The fourth-order valence-electron chi connectivity index (χ4n) is 3.31. The van der Waals surface area contributed by atoms with Crippen LogP contribution in [0.3, 0.4) is 0 Å². The van der Waals surface area contributed by atoms with Crippen LogP contribution in [-0.2, 0) is 22.4 Å². The van der Waals surface area contributed by atoms with Crippen molar-refractivity contribution in [3.8, 4) is 0 Å². The Morgan fingerprint density at radius 2 is 2.14 bits per heavy atom. The van der Waals surface area contributed by atoms with E-state index >= 15 is 0 Å². The van der Waals surface area contributed by atoms with Gasteiger partial charge in [-0.05, 0) is 30.9 Å². The highest BCUT2D eigenvalue weighted by Crippen LogP contribution is 2.39. The number of nitrogens with one attached hydrogen (secondary N) is 2. The molecule has 1 aromatic carbocycles. The number of anilines is 1. The smallest absolute Gasteiger partial charge is 0.407 e. The SMILES string of the molecule is COC(=O)NC1CCc2cccc3c2N(C1=O)C(C(C)=N)C3. The van der Waals surface area contributed by atoms with Gasteiger partial charge in [-0.3, -0.25) is 4.79 Å². The van der Waals surface area contributed by atoms with Crippen molar-refractivity contribution < 1.29 is 14.3 Å². The minimum atomic E-state index is -0.618. The Kier molecular flexibility index (Phi) is 3.60. The molecule has 0 aromatic heterocycles. The molecule has 2 aliphatic heterocycles. The van der Waals surface area contributed by atoms with Crippen molar-refractivity contribution in [2.75, 3.05) is 12.0 Å². The van der Waals surface area contributed by atoms with E-state index in [4.69, 9.17) is 5.41 Å². The minimum Gasteiger partial charge on any atom is -0.453 e. The third-order valence-electron chi connectivity index (χ3n) is 4.38. The summed E-state index contributed by atoms with van der Waals surface area (Å²) in [5, 5.41) is 10.6. The average molecular weight is 301 g/mol. The van der Waals surface area contributed by atoms with Crippen LogP contribution in [0.15, 0.2) is 18.2 Å². The molecule has 2 aliphatic rings. The number of alkyl carbamates (subject to hydrolysis) is 1. The molecule has 0 saturated carbocycles. The van der Waals surface area contributed by atoms with Gasteiger partial charge in [0.2, 0.25) is 5.91 Å². The van der Waals surface area contributed by atoms with E-state index in [9.17, 15) is 9.59 Å². The second-order valence-electron chi connectivity index (χ2n) is 5.76. The van der Waals surface area contributed by atoms with Crippen molar-refractivity contribution in [1.82, 2.24) is 5.32 Å². The topological polar surface area (TPSA) is 82.5 Å². The summed E-state index contributed by atoms with van der Waals surface area (Å²) < 4.78 is 4.61. The fourth-order valence-corrected chi connectivity index (χ4v) is 3.31. The first-order chi connectivity index (χ1) is 10.5. The highest BCUT2D eigenvalue weighted by molar-refractivity contribution is 6.08. The number of hydrogen-bond donors (Lipinski definition) is 2. The fraction of sp³-hybridized carbons (Fsp3) is 0.438. The molecule has 6 heteroatoms. The molecule has 2 amide bonds. The lowest BCUT2D eigenvalue weighted by Gasteiger charge is -2.27. The zero-order valence-electron chi connectivity index (χ0n) is 12.7. The second-order valence-corrected chi connectivity index (χ2v) is 5.76. The third kappa shape index (κ3) is 2.24. The molecule has 0 fully saturated rings. The standard InChI is InChI=1S/C16H19N3O3/c1-9(17)13-8-11-5-3-4-10-6-7-12(18-16(21)22-2)15(20)19(13)14(10)11/h3-5,12-13,17H,6-8H2,1-2H3,(H,18,21). The quantitative estimate of drug-likeness (QED) is 0.815. The van der Waals surface area contributed by atoms with Crippen molar-refractivity contribution >= 4 is 23.4 Å². The number of methoxy groups -OCH3 is 1. The number of para-hydroxylation sites is 1. The molecule has 1 aromatic rings. The van der Waals surface area contributed by atoms with Crippen LogP contribution in [0, 0.1) is 5.41 Å². The Morgan fingerprint density at radius 3 is 2.82 bits per heavy atom. The summed E-state index contributed by atoms with van der Waals surface area (Å²) in [5.41, 5.74) is 3.58. The highest BCUT2D eigenvalue weighted by Gasteiger charge is 2.41. The number of hydrogen-bond acceptors (Lipinski definition) is 4. The van der Waals surface area contributed by atoms with Crippen molar-refractivity contribution in [3.05, 3.63) is 29.3 Å². The van der Waals surface area contributed by atoms with Crippen molar-refractivity contribution in [3.63, 3.8) is 0 Å². The number of carbonyl (C=O) groups is 2. The summed E-state index contributed by atoms with van der Waals surface area (Å²) in [6.45, 7) is 1.72. The van der Waals surface area contributed by atoms with Gasteiger partial charge in [0.15, 0.2) is 0 Å². The predicted octanol–water partition coefficient (Wildman–Crippen LogP) is 1.65. The Hall–Kier alpha value is -2.37. The maximum atomic E-state index is 12.9. The lowest BCUT2D eigenvalue weighted by atomic mass is 10.0. The minimum absolute atomic E-state index is 0.161. The van der Waals surface area contributed by atoms with Crippen molar-refractivity contribution in [2.45, 2.75) is 38.3 Å². The number of nitrogens with zero attached hydrogens (tertiary/aromatic N) is 1. The van der Waals surface area contributed by atoms with Gasteiger partial charge >= 0.3 is 6.09 Å². The summed E-state index contributed by atoms with van der Waals surface area (Å²) in [7, 11) is 1.28. The first-order valence-electron chi connectivity index (χ1n) is 7.36. The van der Waals surface area contributed by atoms with E-state index < -0.39 is 12.1 Å². The average Bonchev–Trinajstić information content (AvgIpc) is 2.84. The zero-order valence-corrected chi connectivity index (χ0v) is 12.7. The molecule has 2 atom stereocenters. The summed E-state index contributed by atoms with van der Waals surface area (Å²) >= 11 is 0. The van der Waals surface area contributed by atoms with Crippen LogP contribution >= 0.6 is 0 Å². The van der Waals surface area contributed by atoms with E-state index in [1.165, 1.54) is 7.11 Å². The zero-order chi connectivity index (χ0) is 15.9. The summed E-state index contributed by atoms with van der Waals surface area (Å²) in [6, 6.07) is 5.14. The maximum Gasteiger partial charge on any atom is 0.407 e. The molecule has 3 rings (SSSR count). The molecule has 2 N–H and O–H groups in total. The lowest BCUT2D eigenvalue weighted by Crippen LogP contribution is -2.51. The molecule has 0 radical (unpaired) electrons. The molecule has 2 unspecified atom stereocenters. The lowest BCUT2D eigenvalue weighted by molar-refractivity contribution is -0.120. The van der Waals surface area contributed by atoms with E-state index in [0.29, 0.717) is 25.0 Å². The van der Waals surface area contributed by atoms with Gasteiger partial charge in [0.1, 0.15) is 6.04 Å². The van der Waals surface area contributed by atoms with Crippen LogP contribution in [0.1, 0.15) is 24.5 Å². The van der Waals surface area contributed by atoms with E-state index in [1.54, 1.807) is 11.8 Å². The first-order valence-corrected chi connectivity index (χ1v) is 7.36. The molecule has 0 bridgehead atoms. The predicted molar refractivity (Wildman–Crippen MR) is 82.5 cm³/mol. The number of carbonyl (C=O) groups excluding carboxylic acids is 2. The largest absolute Gasteiger partial charge is 0.453 e. The molecule has 22 heavy (non-hydrogen) atoms. The number of rotatable bonds is 2. The number of ether oxygens (including phenoxy) is 1. The van der Waals surface area contributed by atoms with Crippen LogP contribution in [-0.4, -0.2) is 36.9 Å². The Labute approximate surface area is 129 Å². The van der Waals surface area contributed by atoms with Crippen LogP contribution in [0.2, 0.25) is 0 Å².